The van der Waals surface area contributed by atoms with E-state index >= 15 is 0 Å². The van der Waals surface area contributed by atoms with Gasteiger partial charge in [-0.15, -0.1) is 0 Å². The summed E-state index contributed by atoms with van der Waals surface area (Å²) in [6.07, 6.45) is -0.801. The van der Waals surface area contributed by atoms with Crippen LogP contribution >= 0.6 is 0 Å². The van der Waals surface area contributed by atoms with Crippen molar-refractivity contribution in [3.8, 4) is 0 Å². The molecule has 4 N–H and O–H groups in total. The predicted molar refractivity (Wildman–Crippen MR) is 80.8 cm³/mol. The highest BCUT2D eigenvalue weighted by Crippen LogP contribution is 2.17. The largest absolute Gasteiger partial charge is 0.510 e. The van der Waals surface area contributed by atoms with Gasteiger partial charge in [-0.3, -0.25) is 0 Å². The lowest BCUT2D eigenvalue weighted by Gasteiger charge is -2.29. The lowest BCUT2D eigenvalue weighted by molar-refractivity contribution is -0.266. The molecule has 22 heavy (non-hydrogen) atoms. The summed E-state index contributed by atoms with van der Waals surface area (Å²) >= 11 is 0. The van der Waals surface area contributed by atoms with E-state index < -0.39 is 24.8 Å². The van der Waals surface area contributed by atoms with Crippen LogP contribution in [-0.2, 0) is 16.1 Å². The Balaban J connectivity index is 2.63. The molecule has 0 aromatic heterocycles. The average Bonchev–Trinajstić information content (AvgIpc) is 2.48. The van der Waals surface area contributed by atoms with Crippen molar-refractivity contribution in [2.75, 3.05) is 6.61 Å². The van der Waals surface area contributed by atoms with Crippen molar-refractivity contribution in [1.29, 1.82) is 0 Å². The molecule has 124 valence electrons. The summed E-state index contributed by atoms with van der Waals surface area (Å²) in [5, 5.41) is 37.8. The lowest BCUT2D eigenvalue weighted by atomic mass is 10.2. The Hall–Kier alpha value is -1.44. The number of hydrogen-bond acceptors (Lipinski definition) is 6. The molecule has 1 aromatic carbocycles. The van der Waals surface area contributed by atoms with E-state index in [0.717, 1.165) is 5.56 Å². The highest BCUT2D eigenvalue weighted by molar-refractivity contribution is 5.13. The summed E-state index contributed by atoms with van der Waals surface area (Å²) in [5.74, 6) is -1.70. The van der Waals surface area contributed by atoms with Gasteiger partial charge in [0, 0.05) is 6.42 Å². The molecule has 0 amide bonds. The Bertz CT molecular complexity index is 451. The molecule has 0 saturated heterocycles. The van der Waals surface area contributed by atoms with Crippen molar-refractivity contribution >= 4 is 0 Å². The van der Waals surface area contributed by atoms with Crippen LogP contribution in [0.3, 0.4) is 0 Å². The first-order valence-corrected chi connectivity index (χ1v) is 7.04. The summed E-state index contributed by atoms with van der Waals surface area (Å²) in [7, 11) is 0. The quantitative estimate of drug-likeness (QED) is 0.407. The van der Waals surface area contributed by atoms with Crippen LogP contribution in [0, 0.1) is 0 Å². The minimum absolute atomic E-state index is 0.0757. The van der Waals surface area contributed by atoms with Crippen molar-refractivity contribution in [2.24, 2.45) is 0 Å². The predicted octanol–water partition coefficient (Wildman–Crippen LogP) is 1.46. The second-order valence-electron chi connectivity index (χ2n) is 5.38. The smallest absolute Gasteiger partial charge is 0.181 e. The Labute approximate surface area is 130 Å². The van der Waals surface area contributed by atoms with Gasteiger partial charge in [0.15, 0.2) is 12.1 Å². The maximum atomic E-state index is 10.1. The summed E-state index contributed by atoms with van der Waals surface area (Å²) in [5.41, 5.74) is 0.886. The molecule has 0 spiro atoms. The molecule has 0 aliphatic carbocycles. The SMILES string of the molecule is CC(C)(O)OC(C/C=C(/O)CO)[C@H](O)OCc1ccccc1. The van der Waals surface area contributed by atoms with Crippen LogP contribution < -0.4 is 0 Å². The molecule has 0 saturated carbocycles. The van der Waals surface area contributed by atoms with Crippen molar-refractivity contribution in [2.45, 2.75) is 45.1 Å². The molecule has 0 aliphatic rings. The van der Waals surface area contributed by atoms with Gasteiger partial charge in [-0.1, -0.05) is 30.3 Å². The lowest BCUT2D eigenvalue weighted by Crippen LogP contribution is -2.38. The van der Waals surface area contributed by atoms with Gasteiger partial charge in [-0.2, -0.15) is 0 Å². The first kappa shape index (κ1) is 18.6. The number of hydrogen-bond donors (Lipinski definition) is 4. The molecule has 0 radical (unpaired) electrons. The maximum Gasteiger partial charge on any atom is 0.181 e. The number of aliphatic hydroxyl groups excluding tert-OH is 3. The van der Waals surface area contributed by atoms with E-state index in [4.69, 9.17) is 14.6 Å². The van der Waals surface area contributed by atoms with E-state index in [9.17, 15) is 15.3 Å². The maximum absolute atomic E-state index is 10.1. The zero-order valence-electron chi connectivity index (χ0n) is 12.8. The van der Waals surface area contributed by atoms with E-state index in [1.54, 1.807) is 0 Å². The fourth-order valence-electron chi connectivity index (χ4n) is 1.77. The fraction of sp³-hybridized carbons (Fsp3) is 0.500. The summed E-state index contributed by atoms with van der Waals surface area (Å²) in [6.45, 7) is 2.54. The molecule has 0 heterocycles. The normalized spacial score (nSPS) is 15.6. The molecule has 1 unspecified atom stereocenters. The van der Waals surface area contributed by atoms with Crippen LogP contribution in [-0.4, -0.2) is 45.2 Å². The first-order chi connectivity index (χ1) is 10.3. The number of ether oxygens (including phenoxy) is 2. The van der Waals surface area contributed by atoms with Crippen molar-refractivity contribution in [1.82, 2.24) is 0 Å². The summed E-state index contributed by atoms with van der Waals surface area (Å²) in [4.78, 5) is 0. The zero-order valence-corrected chi connectivity index (χ0v) is 12.8. The van der Waals surface area contributed by atoms with Gasteiger partial charge in [0.2, 0.25) is 0 Å². The van der Waals surface area contributed by atoms with E-state index in [1.807, 2.05) is 30.3 Å². The van der Waals surface area contributed by atoms with Crippen LogP contribution in [0.2, 0.25) is 0 Å². The van der Waals surface area contributed by atoms with Crippen molar-refractivity contribution in [3.63, 3.8) is 0 Å². The highest BCUT2D eigenvalue weighted by atomic mass is 16.7. The summed E-state index contributed by atoms with van der Waals surface area (Å²) in [6, 6.07) is 9.31. The second kappa shape index (κ2) is 8.87. The van der Waals surface area contributed by atoms with Gasteiger partial charge < -0.3 is 29.9 Å². The molecular weight excluding hydrogens is 288 g/mol. The Kier molecular flexibility index (Phi) is 7.50. The van der Waals surface area contributed by atoms with Gasteiger partial charge in [0.25, 0.3) is 0 Å². The van der Waals surface area contributed by atoms with E-state index in [1.165, 1.54) is 19.9 Å². The van der Waals surface area contributed by atoms with Gasteiger partial charge in [0.1, 0.15) is 11.9 Å². The molecule has 1 rings (SSSR count). The molecule has 6 heteroatoms. The average molecular weight is 312 g/mol. The fourth-order valence-corrected chi connectivity index (χ4v) is 1.77. The van der Waals surface area contributed by atoms with Crippen LogP contribution in [0.15, 0.2) is 42.2 Å². The zero-order chi connectivity index (χ0) is 16.6. The van der Waals surface area contributed by atoms with Gasteiger partial charge >= 0.3 is 0 Å². The van der Waals surface area contributed by atoms with Crippen LogP contribution in [0.25, 0.3) is 0 Å². The van der Waals surface area contributed by atoms with Crippen LogP contribution in [0.5, 0.6) is 0 Å². The van der Waals surface area contributed by atoms with Crippen molar-refractivity contribution < 1.29 is 29.9 Å². The highest BCUT2D eigenvalue weighted by Gasteiger charge is 2.27. The first-order valence-electron chi connectivity index (χ1n) is 7.04. The third-order valence-electron chi connectivity index (χ3n) is 2.77. The van der Waals surface area contributed by atoms with Crippen LogP contribution in [0.1, 0.15) is 25.8 Å². The molecular formula is C16H24O6. The van der Waals surface area contributed by atoms with Gasteiger partial charge in [-0.05, 0) is 25.5 Å². The Morgan fingerprint density at radius 1 is 1.27 bits per heavy atom. The van der Waals surface area contributed by atoms with Crippen LogP contribution in [0.4, 0.5) is 0 Å². The van der Waals surface area contributed by atoms with E-state index in [-0.39, 0.29) is 18.8 Å². The molecule has 0 fully saturated rings. The Morgan fingerprint density at radius 3 is 2.45 bits per heavy atom. The molecule has 0 aliphatic heterocycles. The van der Waals surface area contributed by atoms with E-state index in [2.05, 4.69) is 0 Å². The minimum atomic E-state index is -1.47. The number of rotatable bonds is 9. The van der Waals surface area contributed by atoms with Gasteiger partial charge in [-0.25, -0.2) is 0 Å². The molecule has 6 nitrogen and oxygen atoms in total. The molecule has 0 bridgehead atoms. The van der Waals surface area contributed by atoms with Gasteiger partial charge in [0.05, 0.1) is 13.2 Å². The number of aliphatic hydroxyl groups is 4. The number of benzene rings is 1. The Morgan fingerprint density at radius 2 is 1.91 bits per heavy atom. The van der Waals surface area contributed by atoms with E-state index in [0.29, 0.717) is 0 Å². The topological polar surface area (TPSA) is 99.4 Å². The van der Waals surface area contributed by atoms with Crippen molar-refractivity contribution in [3.05, 3.63) is 47.7 Å². The summed E-state index contributed by atoms with van der Waals surface area (Å²) < 4.78 is 10.7. The minimum Gasteiger partial charge on any atom is -0.510 e. The molecule has 2 atom stereocenters. The monoisotopic (exact) mass is 312 g/mol. The standard InChI is InChI=1S/C16H24O6/c1-16(2,20)22-14(9-8-13(18)10-17)15(19)21-11-12-6-4-3-5-7-12/h3-8,14-15,17-20H,9-11H2,1-2H3/b13-8+/t14?,15-/m1/s1. The third-order valence-corrected chi connectivity index (χ3v) is 2.77. The third kappa shape index (κ3) is 7.53. The molecule has 1 aromatic rings. The second-order valence-corrected chi connectivity index (χ2v) is 5.38.